The molecule has 0 unspecified atom stereocenters. The predicted octanol–water partition coefficient (Wildman–Crippen LogP) is 7.45. The molecule has 0 bridgehead atoms. The fourth-order valence-corrected chi connectivity index (χ4v) is 5.72. The van der Waals surface area contributed by atoms with Crippen molar-refractivity contribution in [1.82, 2.24) is 0 Å². The molecule has 0 nitrogen and oxygen atoms in total. The summed E-state index contributed by atoms with van der Waals surface area (Å²) in [6, 6.07) is 33.7. The molecule has 0 saturated heterocycles. The van der Waals surface area contributed by atoms with Crippen LogP contribution in [-0.4, -0.2) is 0 Å². The van der Waals surface area contributed by atoms with E-state index in [9.17, 15) is 0 Å². The average molecular weight is 385 g/mol. The molecule has 0 heteroatoms. The highest BCUT2D eigenvalue weighted by molar-refractivity contribution is 6.04. The van der Waals surface area contributed by atoms with Crippen molar-refractivity contribution in [3.8, 4) is 11.1 Å². The molecule has 0 heterocycles. The van der Waals surface area contributed by atoms with Gasteiger partial charge in [-0.15, -0.1) is 0 Å². The molecule has 0 atom stereocenters. The largest absolute Gasteiger partial charge is 0.0744 e. The second-order valence-corrected chi connectivity index (χ2v) is 8.69. The Hall–Kier alpha value is -3.38. The van der Waals surface area contributed by atoms with Gasteiger partial charge in [-0.25, -0.2) is 0 Å². The van der Waals surface area contributed by atoms with Crippen LogP contribution in [0.15, 0.2) is 97.1 Å². The molecule has 6 rings (SSSR count). The zero-order valence-corrected chi connectivity index (χ0v) is 17.4. The lowest BCUT2D eigenvalue weighted by molar-refractivity contribution is 0.615. The quantitative estimate of drug-likeness (QED) is 0.296. The topological polar surface area (TPSA) is 0 Å². The van der Waals surface area contributed by atoms with Gasteiger partial charge < -0.3 is 0 Å². The van der Waals surface area contributed by atoms with Gasteiger partial charge in [-0.1, -0.05) is 103 Å². The van der Waals surface area contributed by atoms with Crippen LogP contribution < -0.4 is 0 Å². The van der Waals surface area contributed by atoms with Crippen LogP contribution in [0.2, 0.25) is 0 Å². The maximum atomic E-state index is 2.50. The third kappa shape index (κ3) is 2.22. The Morgan fingerprint density at radius 1 is 0.633 bits per heavy atom. The number of hydrogen-bond donors (Lipinski definition) is 0. The highest BCUT2D eigenvalue weighted by Gasteiger charge is 2.44. The van der Waals surface area contributed by atoms with E-state index < -0.39 is 0 Å². The van der Waals surface area contributed by atoms with Crippen LogP contribution in [0.5, 0.6) is 0 Å². The SMILES string of the molecule is Cc1ccc2c(c1)C1=CCC(c3ccccc3)(c3ccccc3)c3c(C)ccc-2c31. The van der Waals surface area contributed by atoms with Gasteiger partial charge in [0.25, 0.3) is 0 Å². The normalized spacial score (nSPS) is 15.3. The minimum absolute atomic E-state index is 0.168. The van der Waals surface area contributed by atoms with E-state index in [1.807, 2.05) is 0 Å². The van der Waals surface area contributed by atoms with Crippen LogP contribution in [0, 0.1) is 13.8 Å². The van der Waals surface area contributed by atoms with Gasteiger partial charge >= 0.3 is 0 Å². The molecule has 0 aliphatic heterocycles. The van der Waals surface area contributed by atoms with Gasteiger partial charge in [0.2, 0.25) is 0 Å². The summed E-state index contributed by atoms with van der Waals surface area (Å²) in [6.45, 7) is 4.48. The summed E-state index contributed by atoms with van der Waals surface area (Å²) in [5.74, 6) is 0. The van der Waals surface area contributed by atoms with Crippen molar-refractivity contribution in [3.05, 3.63) is 136 Å². The van der Waals surface area contributed by atoms with Gasteiger partial charge in [-0.05, 0) is 70.3 Å². The molecular weight excluding hydrogens is 360 g/mol. The van der Waals surface area contributed by atoms with Crippen LogP contribution in [-0.2, 0) is 5.41 Å². The van der Waals surface area contributed by atoms with Gasteiger partial charge in [0.15, 0.2) is 0 Å². The summed E-state index contributed by atoms with van der Waals surface area (Å²) in [5.41, 5.74) is 13.8. The number of hydrogen-bond acceptors (Lipinski definition) is 0. The van der Waals surface area contributed by atoms with Crippen molar-refractivity contribution in [3.63, 3.8) is 0 Å². The molecule has 144 valence electrons. The highest BCUT2D eigenvalue weighted by Crippen LogP contribution is 2.57. The Balaban J connectivity index is 1.74. The van der Waals surface area contributed by atoms with E-state index in [-0.39, 0.29) is 5.41 Å². The lowest BCUT2D eigenvalue weighted by Gasteiger charge is -2.40. The molecule has 2 aliphatic rings. The Morgan fingerprint density at radius 2 is 1.27 bits per heavy atom. The number of fused-ring (bicyclic) bond motifs is 3. The summed E-state index contributed by atoms with van der Waals surface area (Å²) < 4.78 is 0. The van der Waals surface area contributed by atoms with Gasteiger partial charge in [-0.2, -0.15) is 0 Å². The molecule has 0 spiro atoms. The number of allylic oxidation sites excluding steroid dienone is 1. The van der Waals surface area contributed by atoms with Crippen molar-refractivity contribution in [2.75, 3.05) is 0 Å². The molecule has 2 aliphatic carbocycles. The molecule has 4 aromatic carbocycles. The first kappa shape index (κ1) is 17.5. The van der Waals surface area contributed by atoms with E-state index in [0.717, 1.165) is 6.42 Å². The summed E-state index contributed by atoms with van der Waals surface area (Å²) in [7, 11) is 0. The minimum atomic E-state index is -0.168. The molecular formula is C30H24. The van der Waals surface area contributed by atoms with Crippen LogP contribution in [0.1, 0.15) is 45.4 Å². The Morgan fingerprint density at radius 3 is 1.93 bits per heavy atom. The van der Waals surface area contributed by atoms with Gasteiger partial charge in [-0.3, -0.25) is 0 Å². The summed E-state index contributed by atoms with van der Waals surface area (Å²) in [4.78, 5) is 0. The molecule has 0 radical (unpaired) electrons. The Kier molecular flexibility index (Phi) is 3.67. The standard InChI is InChI=1S/C30H24/c1-20-13-15-24-25-16-14-21(2)29-28(25)26(27(24)19-20)17-18-30(29,22-9-5-3-6-10-22)23-11-7-4-8-12-23/h3-17,19H,18H2,1-2H3. The first-order valence-corrected chi connectivity index (χ1v) is 10.8. The van der Waals surface area contributed by atoms with Crippen molar-refractivity contribution in [2.24, 2.45) is 0 Å². The second kappa shape index (κ2) is 6.31. The summed E-state index contributed by atoms with van der Waals surface area (Å²) in [6.07, 6.45) is 3.47. The summed E-state index contributed by atoms with van der Waals surface area (Å²) in [5, 5.41) is 0. The minimum Gasteiger partial charge on any atom is -0.0744 e. The molecule has 4 aromatic rings. The average Bonchev–Trinajstić information content (AvgIpc) is 3.11. The third-order valence-corrected chi connectivity index (χ3v) is 7.01. The van der Waals surface area contributed by atoms with E-state index in [1.54, 1.807) is 0 Å². The lowest BCUT2D eigenvalue weighted by Crippen LogP contribution is -2.33. The maximum absolute atomic E-state index is 2.50. The Bertz CT molecular complexity index is 1270. The molecule has 0 amide bonds. The Labute approximate surface area is 178 Å². The molecule has 0 aromatic heterocycles. The molecule has 0 N–H and O–H groups in total. The second-order valence-electron chi connectivity index (χ2n) is 8.69. The van der Waals surface area contributed by atoms with Crippen LogP contribution in [0.4, 0.5) is 0 Å². The fraction of sp³-hybridized carbons (Fsp3) is 0.133. The van der Waals surface area contributed by atoms with Crippen LogP contribution >= 0.6 is 0 Å². The van der Waals surface area contributed by atoms with Gasteiger partial charge in [0.1, 0.15) is 0 Å². The smallest absolute Gasteiger partial charge is 0.0494 e. The number of benzene rings is 4. The van der Waals surface area contributed by atoms with E-state index in [4.69, 9.17) is 0 Å². The predicted molar refractivity (Wildman–Crippen MR) is 126 cm³/mol. The summed E-state index contributed by atoms with van der Waals surface area (Å²) >= 11 is 0. The number of aryl methyl sites for hydroxylation is 2. The molecule has 30 heavy (non-hydrogen) atoms. The van der Waals surface area contributed by atoms with Crippen molar-refractivity contribution < 1.29 is 0 Å². The number of rotatable bonds is 2. The molecule has 0 saturated carbocycles. The first-order chi connectivity index (χ1) is 14.7. The van der Waals surface area contributed by atoms with Crippen LogP contribution in [0.25, 0.3) is 16.7 Å². The van der Waals surface area contributed by atoms with Crippen LogP contribution in [0.3, 0.4) is 0 Å². The highest BCUT2D eigenvalue weighted by atomic mass is 14.5. The monoisotopic (exact) mass is 384 g/mol. The maximum Gasteiger partial charge on any atom is 0.0494 e. The van der Waals surface area contributed by atoms with E-state index >= 15 is 0 Å². The van der Waals surface area contributed by atoms with Gasteiger partial charge in [0, 0.05) is 5.41 Å². The van der Waals surface area contributed by atoms with Crippen molar-refractivity contribution >= 4 is 5.57 Å². The molecule has 0 fully saturated rings. The lowest BCUT2D eigenvalue weighted by atomic mass is 9.61. The van der Waals surface area contributed by atoms with Crippen molar-refractivity contribution in [2.45, 2.75) is 25.7 Å². The fourth-order valence-electron chi connectivity index (χ4n) is 5.72. The van der Waals surface area contributed by atoms with E-state index in [0.29, 0.717) is 0 Å². The zero-order valence-electron chi connectivity index (χ0n) is 17.4. The van der Waals surface area contributed by atoms with Gasteiger partial charge in [0.05, 0.1) is 0 Å². The van der Waals surface area contributed by atoms with Crippen molar-refractivity contribution in [1.29, 1.82) is 0 Å². The van der Waals surface area contributed by atoms with E-state index in [1.165, 1.54) is 55.6 Å². The third-order valence-electron chi connectivity index (χ3n) is 7.01. The van der Waals surface area contributed by atoms with E-state index in [2.05, 4.69) is 111 Å². The first-order valence-electron chi connectivity index (χ1n) is 10.8. The zero-order chi connectivity index (χ0) is 20.3.